The van der Waals surface area contributed by atoms with Crippen LogP contribution in [0.3, 0.4) is 0 Å². The van der Waals surface area contributed by atoms with Gasteiger partial charge in [0.25, 0.3) is 5.91 Å². The molecule has 4 aromatic heterocycles. The van der Waals surface area contributed by atoms with Crippen molar-refractivity contribution in [2.45, 2.75) is 83.7 Å². The summed E-state index contributed by atoms with van der Waals surface area (Å²) in [6.45, 7) is 17.1. The maximum absolute atomic E-state index is 13.2. The number of aromatic carboxylic acids is 1. The first-order valence-corrected chi connectivity index (χ1v) is 29.3. The number of nitrogens with zero attached hydrogens (tertiary/aromatic N) is 6. The van der Waals surface area contributed by atoms with Crippen LogP contribution in [0.5, 0.6) is 0 Å². The molecule has 60 heavy (non-hydrogen) atoms. The van der Waals surface area contributed by atoms with Gasteiger partial charge in [-0.1, -0.05) is 99.9 Å². The first-order chi connectivity index (χ1) is 28.7. The van der Waals surface area contributed by atoms with Gasteiger partial charge in [0.15, 0.2) is 0 Å². The van der Waals surface area contributed by atoms with Gasteiger partial charge in [-0.3, -0.25) is 4.79 Å². The van der Waals surface area contributed by atoms with Gasteiger partial charge in [-0.15, -0.1) is 22.7 Å². The van der Waals surface area contributed by atoms with Gasteiger partial charge in [0, 0.05) is 82.9 Å². The normalized spacial score (nSPS) is 13.5. The van der Waals surface area contributed by atoms with Crippen molar-refractivity contribution in [3.8, 4) is 43.9 Å². The fraction of sp³-hybridized carbons (Fsp3) is 0.395. The SMILES string of the molecule is C[Si](C)(C)CCOCn1cc(C(=O)NC2CCOCC2)c(-c2nc(-c3ccccc3)cs2)n1.C[Si](C)(C)CCOCn1cc(C(=O)O)c(-c2nc(-c3ccccc3)cs2)n1. The van der Waals surface area contributed by atoms with Crippen molar-refractivity contribution < 1.29 is 28.9 Å². The van der Waals surface area contributed by atoms with E-state index in [1.54, 1.807) is 10.9 Å². The summed E-state index contributed by atoms with van der Waals surface area (Å²) in [5.74, 6) is -1.14. The van der Waals surface area contributed by atoms with Crippen LogP contribution in [0.25, 0.3) is 43.9 Å². The van der Waals surface area contributed by atoms with Gasteiger partial charge in [0.2, 0.25) is 0 Å². The monoisotopic (exact) mass is 885 g/mol. The molecular formula is C43H55N7O6S2Si2. The number of carbonyl (C=O) groups excluding carboxylic acids is 1. The van der Waals surface area contributed by atoms with Crippen molar-refractivity contribution in [3.05, 3.63) is 94.9 Å². The zero-order chi connectivity index (χ0) is 42.7. The Balaban J connectivity index is 0.000000205. The van der Waals surface area contributed by atoms with Gasteiger partial charge >= 0.3 is 5.97 Å². The van der Waals surface area contributed by atoms with E-state index < -0.39 is 22.1 Å². The Hall–Kier alpha value is -4.63. The number of rotatable bonds is 17. The largest absolute Gasteiger partial charge is 0.478 e. The molecular weight excluding hydrogens is 831 g/mol. The van der Waals surface area contributed by atoms with Gasteiger partial charge in [-0.2, -0.15) is 10.2 Å². The first-order valence-electron chi connectivity index (χ1n) is 20.2. The van der Waals surface area contributed by atoms with Crippen LogP contribution >= 0.6 is 22.7 Å². The molecule has 1 aliphatic rings. The highest BCUT2D eigenvalue weighted by Crippen LogP contribution is 2.32. The van der Waals surface area contributed by atoms with E-state index in [2.05, 4.69) is 54.7 Å². The molecule has 0 atom stereocenters. The van der Waals surface area contributed by atoms with Crippen molar-refractivity contribution in [1.82, 2.24) is 34.8 Å². The average molecular weight is 886 g/mol. The van der Waals surface area contributed by atoms with Crippen LogP contribution in [0.4, 0.5) is 0 Å². The lowest BCUT2D eigenvalue weighted by Crippen LogP contribution is -2.38. The van der Waals surface area contributed by atoms with E-state index in [0.29, 0.717) is 55.1 Å². The minimum Gasteiger partial charge on any atom is -0.478 e. The summed E-state index contributed by atoms with van der Waals surface area (Å²) in [7, 11) is -2.32. The number of thiazole rings is 2. The quantitative estimate of drug-likeness (QED) is 0.0668. The van der Waals surface area contributed by atoms with Crippen LogP contribution < -0.4 is 5.32 Å². The van der Waals surface area contributed by atoms with E-state index in [1.807, 2.05) is 71.4 Å². The highest BCUT2D eigenvalue weighted by Gasteiger charge is 2.25. The van der Waals surface area contributed by atoms with Gasteiger partial charge < -0.3 is 24.6 Å². The molecule has 0 unspecified atom stereocenters. The zero-order valence-electron chi connectivity index (χ0n) is 35.2. The fourth-order valence-corrected chi connectivity index (χ4v) is 9.20. The predicted octanol–water partition coefficient (Wildman–Crippen LogP) is 9.58. The summed E-state index contributed by atoms with van der Waals surface area (Å²) in [6, 6.07) is 22.1. The highest BCUT2D eigenvalue weighted by molar-refractivity contribution is 7.13. The number of nitrogens with one attached hydrogen (secondary N) is 1. The average Bonchev–Trinajstić information content (AvgIpc) is 4.05. The molecule has 0 aliphatic carbocycles. The third kappa shape index (κ3) is 13.2. The topological polar surface area (TPSA) is 156 Å². The van der Waals surface area contributed by atoms with Crippen LogP contribution in [-0.4, -0.2) is 95.1 Å². The number of benzene rings is 2. The Morgan fingerprint density at radius 2 is 1.18 bits per heavy atom. The second kappa shape index (κ2) is 20.8. The molecule has 0 radical (unpaired) electrons. The summed E-state index contributed by atoms with van der Waals surface area (Å²) in [6.07, 6.45) is 4.94. The zero-order valence-corrected chi connectivity index (χ0v) is 38.9. The molecule has 2 N–H and O–H groups in total. The predicted molar refractivity (Wildman–Crippen MR) is 244 cm³/mol. The first kappa shape index (κ1) is 44.9. The lowest BCUT2D eigenvalue weighted by atomic mass is 10.1. The summed E-state index contributed by atoms with van der Waals surface area (Å²) in [5, 5.41) is 27.0. The summed E-state index contributed by atoms with van der Waals surface area (Å²) in [4.78, 5) is 34.2. The van der Waals surface area contributed by atoms with Crippen molar-refractivity contribution in [2.75, 3.05) is 26.4 Å². The van der Waals surface area contributed by atoms with E-state index in [9.17, 15) is 14.7 Å². The van der Waals surface area contributed by atoms with Gasteiger partial charge in [-0.05, 0) is 24.9 Å². The Kier molecular flexibility index (Phi) is 15.5. The molecule has 318 valence electrons. The number of ether oxygens (including phenoxy) is 3. The van der Waals surface area contributed by atoms with Gasteiger partial charge in [0.1, 0.15) is 40.4 Å². The smallest absolute Gasteiger partial charge is 0.339 e. The van der Waals surface area contributed by atoms with Crippen molar-refractivity contribution >= 4 is 50.7 Å². The standard InChI is InChI=1S/C24H32N4O3SSi.C19H23N3O3SSi/c1-33(2,3)14-13-31-17-28-15-20(23(29)25-19-9-11-30-12-10-19)22(27-28)24-26-21(16-32-24)18-7-5-4-6-8-18;1-27(2,3)10-9-25-13-22-11-15(19(23)24)17(21-22)18-20-16(12-26-18)14-7-5-4-6-8-14/h4-8,15-16,19H,9-14,17H2,1-3H3,(H,25,29);4-8,11-12H,9-10,13H2,1-3H3,(H,23,24). The molecule has 1 amide bonds. The molecule has 6 aromatic rings. The van der Waals surface area contributed by atoms with Crippen LogP contribution in [-0.2, 0) is 27.7 Å². The van der Waals surface area contributed by atoms with Crippen LogP contribution in [0, 0.1) is 0 Å². The van der Waals surface area contributed by atoms with Gasteiger partial charge in [0.05, 0.1) is 17.0 Å². The van der Waals surface area contributed by atoms with E-state index in [1.165, 1.54) is 33.6 Å². The molecule has 1 saturated heterocycles. The number of hydrogen-bond donors (Lipinski definition) is 2. The van der Waals surface area contributed by atoms with E-state index in [0.717, 1.165) is 52.5 Å². The molecule has 2 aromatic carbocycles. The molecule has 0 spiro atoms. The maximum Gasteiger partial charge on any atom is 0.339 e. The Morgan fingerprint density at radius 3 is 1.63 bits per heavy atom. The van der Waals surface area contributed by atoms with Crippen LogP contribution in [0.2, 0.25) is 51.4 Å². The Labute approximate surface area is 361 Å². The molecule has 5 heterocycles. The lowest BCUT2D eigenvalue weighted by molar-refractivity contribution is 0.0685. The molecule has 17 heteroatoms. The number of amides is 1. The summed E-state index contributed by atoms with van der Waals surface area (Å²) >= 11 is 2.89. The number of hydrogen-bond acceptors (Lipinski definition) is 11. The lowest BCUT2D eigenvalue weighted by Gasteiger charge is -2.22. The molecule has 0 bridgehead atoms. The second-order valence-electron chi connectivity index (χ2n) is 17.0. The maximum atomic E-state index is 13.2. The van der Waals surface area contributed by atoms with E-state index in [-0.39, 0.29) is 24.2 Å². The van der Waals surface area contributed by atoms with Crippen LogP contribution in [0.15, 0.2) is 83.8 Å². The fourth-order valence-electron chi connectivity index (χ4n) is 6.04. The second-order valence-corrected chi connectivity index (χ2v) is 30.0. The van der Waals surface area contributed by atoms with Crippen LogP contribution in [0.1, 0.15) is 33.6 Å². The Bertz CT molecular complexity index is 2290. The molecule has 0 saturated carbocycles. The molecule has 7 rings (SSSR count). The summed E-state index contributed by atoms with van der Waals surface area (Å²) < 4.78 is 20.2. The number of carboxylic acids is 1. The third-order valence-electron chi connectivity index (χ3n) is 9.55. The molecule has 1 fully saturated rings. The van der Waals surface area contributed by atoms with Crippen molar-refractivity contribution in [3.63, 3.8) is 0 Å². The Morgan fingerprint density at radius 1 is 0.733 bits per heavy atom. The minimum atomic E-state index is -1.16. The summed E-state index contributed by atoms with van der Waals surface area (Å²) in [5.41, 5.74) is 5.37. The van der Waals surface area contributed by atoms with Crippen molar-refractivity contribution in [1.29, 1.82) is 0 Å². The number of carboxylic acid groups (broad SMARTS) is 1. The number of aromatic nitrogens is 6. The molecule has 1 aliphatic heterocycles. The van der Waals surface area contributed by atoms with Crippen molar-refractivity contribution in [2.24, 2.45) is 0 Å². The van der Waals surface area contributed by atoms with E-state index in [4.69, 9.17) is 24.3 Å². The van der Waals surface area contributed by atoms with E-state index >= 15 is 0 Å². The third-order valence-corrected chi connectivity index (χ3v) is 14.7. The minimum absolute atomic E-state index is 0.117. The van der Waals surface area contributed by atoms with Gasteiger partial charge in [-0.25, -0.2) is 24.1 Å². The number of carbonyl (C=O) groups is 2. The molecule has 13 nitrogen and oxygen atoms in total. The highest BCUT2D eigenvalue weighted by atomic mass is 32.1.